The molecule has 0 fully saturated rings. The zero-order chi connectivity index (χ0) is 26.9. The normalized spacial score (nSPS) is 11.2. The first-order valence-electron chi connectivity index (χ1n) is 11.6. The number of carboxylic acids is 1. The van der Waals surface area contributed by atoms with Crippen LogP contribution in [0.25, 0.3) is 0 Å². The van der Waals surface area contributed by atoms with Gasteiger partial charge in [-0.1, -0.05) is 54.1 Å². The van der Waals surface area contributed by atoms with Crippen LogP contribution in [0.15, 0.2) is 103 Å². The quantitative estimate of drug-likeness (QED) is 0.238. The van der Waals surface area contributed by atoms with Gasteiger partial charge in [-0.2, -0.15) is 0 Å². The third-order valence-electron chi connectivity index (χ3n) is 5.38. The monoisotopic (exact) mass is 530 g/mol. The van der Waals surface area contributed by atoms with E-state index in [0.717, 1.165) is 0 Å². The van der Waals surface area contributed by atoms with Crippen molar-refractivity contribution in [3.8, 4) is 17.2 Å². The predicted octanol–water partition coefficient (Wildman–Crippen LogP) is 6.17. The van der Waals surface area contributed by atoms with E-state index < -0.39 is 24.0 Å². The molecule has 3 N–H and O–H groups in total. The highest BCUT2D eigenvalue weighted by Gasteiger charge is 2.22. The van der Waals surface area contributed by atoms with Crippen molar-refractivity contribution in [2.75, 3.05) is 5.32 Å². The number of ether oxygens (including phenoxy) is 2. The smallest absolute Gasteiger partial charge is 0.417 e. The van der Waals surface area contributed by atoms with Crippen molar-refractivity contribution in [3.63, 3.8) is 0 Å². The highest BCUT2D eigenvalue weighted by Crippen LogP contribution is 2.23. The number of rotatable bonds is 9. The number of aliphatic carboxylic acids is 1. The number of anilines is 1. The van der Waals surface area contributed by atoms with Crippen LogP contribution in [0, 0.1) is 0 Å². The summed E-state index contributed by atoms with van der Waals surface area (Å²) in [5.41, 5.74) is 1.33. The Morgan fingerprint density at radius 3 is 2.03 bits per heavy atom. The molecular weight excluding hydrogens is 508 g/mol. The summed E-state index contributed by atoms with van der Waals surface area (Å²) in [6.45, 7) is 0. The molecule has 9 heteroatoms. The standard InChI is InChI=1S/C29H23ClN2O6/c30-25-9-5-4-8-24(25)27(33)32-26(28(34)35)18-19-10-14-23(15-11-19)38-29(36)31-20-12-16-22(17-13-20)37-21-6-2-1-3-7-21/h1-17,26H,18H2,(H,31,36)(H,32,33)(H,34,35). The van der Waals surface area contributed by atoms with Gasteiger partial charge in [-0.25, -0.2) is 9.59 Å². The number of hydrogen-bond acceptors (Lipinski definition) is 5. The van der Waals surface area contributed by atoms with Crippen LogP contribution in [0.5, 0.6) is 17.2 Å². The lowest BCUT2D eigenvalue weighted by Gasteiger charge is -2.15. The van der Waals surface area contributed by atoms with Gasteiger partial charge >= 0.3 is 12.1 Å². The zero-order valence-corrected chi connectivity index (χ0v) is 20.7. The van der Waals surface area contributed by atoms with Crippen molar-refractivity contribution >= 4 is 35.3 Å². The second kappa shape index (κ2) is 12.4. The molecular formula is C29H23ClN2O6. The van der Waals surface area contributed by atoms with Gasteiger partial charge in [0.15, 0.2) is 0 Å². The summed E-state index contributed by atoms with van der Waals surface area (Å²) in [6.07, 6.45) is -0.667. The van der Waals surface area contributed by atoms with Crippen LogP contribution in [-0.2, 0) is 11.2 Å². The largest absolute Gasteiger partial charge is 0.480 e. The maximum absolute atomic E-state index is 12.5. The number of carbonyl (C=O) groups is 3. The van der Waals surface area contributed by atoms with Crippen LogP contribution in [0.2, 0.25) is 5.02 Å². The van der Waals surface area contributed by atoms with Gasteiger partial charge in [0.1, 0.15) is 23.3 Å². The third-order valence-corrected chi connectivity index (χ3v) is 5.70. The Morgan fingerprint density at radius 2 is 1.37 bits per heavy atom. The molecule has 4 aromatic carbocycles. The Labute approximate surface area is 223 Å². The van der Waals surface area contributed by atoms with E-state index in [-0.39, 0.29) is 22.8 Å². The van der Waals surface area contributed by atoms with E-state index in [1.165, 1.54) is 6.07 Å². The van der Waals surface area contributed by atoms with E-state index in [0.29, 0.717) is 22.7 Å². The molecule has 0 spiro atoms. The predicted molar refractivity (Wildman–Crippen MR) is 143 cm³/mol. The highest BCUT2D eigenvalue weighted by atomic mass is 35.5. The first-order valence-corrected chi connectivity index (χ1v) is 11.9. The van der Waals surface area contributed by atoms with Crippen molar-refractivity contribution in [3.05, 3.63) is 119 Å². The summed E-state index contributed by atoms with van der Waals surface area (Å²) in [5.74, 6) is -0.186. The van der Waals surface area contributed by atoms with Gasteiger partial charge in [-0.3, -0.25) is 10.1 Å². The molecule has 4 rings (SSSR count). The summed E-state index contributed by atoms with van der Waals surface area (Å²) < 4.78 is 11.0. The number of para-hydroxylation sites is 1. The van der Waals surface area contributed by atoms with E-state index in [1.807, 2.05) is 30.3 Å². The molecule has 0 heterocycles. The molecule has 0 aliphatic heterocycles. The number of halogens is 1. The van der Waals surface area contributed by atoms with Crippen LogP contribution in [-0.4, -0.2) is 29.1 Å². The second-order valence-corrected chi connectivity index (χ2v) is 8.55. The topological polar surface area (TPSA) is 114 Å². The molecule has 8 nitrogen and oxygen atoms in total. The number of carbonyl (C=O) groups excluding carboxylic acids is 2. The molecule has 1 unspecified atom stereocenters. The Balaban J connectivity index is 1.30. The third kappa shape index (κ3) is 7.35. The van der Waals surface area contributed by atoms with Crippen molar-refractivity contribution in [1.82, 2.24) is 5.32 Å². The van der Waals surface area contributed by atoms with Gasteiger partial charge in [0.25, 0.3) is 5.91 Å². The molecule has 0 bridgehead atoms. The molecule has 38 heavy (non-hydrogen) atoms. The minimum absolute atomic E-state index is 0.0232. The molecule has 192 valence electrons. The second-order valence-electron chi connectivity index (χ2n) is 8.15. The highest BCUT2D eigenvalue weighted by molar-refractivity contribution is 6.33. The van der Waals surface area contributed by atoms with Gasteiger partial charge < -0.3 is 19.9 Å². The summed E-state index contributed by atoms with van der Waals surface area (Å²) in [6, 6.07) is 27.7. The molecule has 0 saturated heterocycles. The van der Waals surface area contributed by atoms with Gasteiger partial charge in [-0.15, -0.1) is 0 Å². The van der Waals surface area contributed by atoms with Gasteiger partial charge in [0, 0.05) is 12.1 Å². The number of amides is 2. The molecule has 0 aliphatic rings. The van der Waals surface area contributed by atoms with E-state index in [1.54, 1.807) is 66.7 Å². The van der Waals surface area contributed by atoms with Crippen molar-refractivity contribution < 1.29 is 29.0 Å². The van der Waals surface area contributed by atoms with Crippen LogP contribution >= 0.6 is 11.6 Å². The molecule has 0 saturated carbocycles. The fraction of sp³-hybridized carbons (Fsp3) is 0.0690. The van der Waals surface area contributed by atoms with E-state index >= 15 is 0 Å². The van der Waals surface area contributed by atoms with Crippen molar-refractivity contribution in [1.29, 1.82) is 0 Å². The van der Waals surface area contributed by atoms with E-state index in [4.69, 9.17) is 21.1 Å². The van der Waals surface area contributed by atoms with E-state index in [2.05, 4.69) is 10.6 Å². The Kier molecular flexibility index (Phi) is 8.58. The van der Waals surface area contributed by atoms with Crippen LogP contribution < -0.4 is 20.1 Å². The average molecular weight is 531 g/mol. The number of benzene rings is 4. The number of carboxylic acid groups (broad SMARTS) is 1. The Morgan fingerprint density at radius 1 is 0.763 bits per heavy atom. The number of hydrogen-bond donors (Lipinski definition) is 3. The van der Waals surface area contributed by atoms with E-state index in [9.17, 15) is 19.5 Å². The number of nitrogens with one attached hydrogen (secondary N) is 2. The SMILES string of the molecule is O=C(Nc1ccc(Oc2ccccc2)cc1)Oc1ccc(CC(NC(=O)c2ccccc2Cl)C(=O)O)cc1. The minimum atomic E-state index is -1.19. The summed E-state index contributed by atoms with van der Waals surface area (Å²) in [5, 5.41) is 14.9. The lowest BCUT2D eigenvalue weighted by Crippen LogP contribution is -2.42. The Bertz CT molecular complexity index is 1410. The fourth-order valence-corrected chi connectivity index (χ4v) is 3.71. The molecule has 0 radical (unpaired) electrons. The van der Waals surface area contributed by atoms with Crippen molar-refractivity contribution in [2.45, 2.75) is 12.5 Å². The molecule has 2 amide bonds. The summed E-state index contributed by atoms with van der Waals surface area (Å²) in [7, 11) is 0. The maximum Gasteiger partial charge on any atom is 0.417 e. The first kappa shape index (κ1) is 26.2. The van der Waals surface area contributed by atoms with Gasteiger partial charge in [-0.05, 0) is 66.2 Å². The maximum atomic E-state index is 12.5. The van der Waals surface area contributed by atoms with Crippen LogP contribution in [0.4, 0.5) is 10.5 Å². The van der Waals surface area contributed by atoms with Crippen LogP contribution in [0.1, 0.15) is 15.9 Å². The summed E-state index contributed by atoms with van der Waals surface area (Å²) >= 11 is 6.03. The zero-order valence-electron chi connectivity index (χ0n) is 20.0. The minimum Gasteiger partial charge on any atom is -0.480 e. The van der Waals surface area contributed by atoms with Crippen molar-refractivity contribution in [2.24, 2.45) is 0 Å². The lowest BCUT2D eigenvalue weighted by molar-refractivity contribution is -0.139. The molecule has 0 aliphatic carbocycles. The summed E-state index contributed by atoms with van der Waals surface area (Å²) in [4.78, 5) is 36.5. The average Bonchev–Trinajstić information content (AvgIpc) is 2.91. The van der Waals surface area contributed by atoms with Crippen LogP contribution in [0.3, 0.4) is 0 Å². The molecule has 0 aromatic heterocycles. The van der Waals surface area contributed by atoms with Gasteiger partial charge in [0.2, 0.25) is 0 Å². The fourth-order valence-electron chi connectivity index (χ4n) is 3.49. The van der Waals surface area contributed by atoms with Gasteiger partial charge in [0.05, 0.1) is 10.6 Å². The molecule has 4 aromatic rings. The lowest BCUT2D eigenvalue weighted by atomic mass is 10.1. The molecule has 1 atom stereocenters. The Hall–Kier alpha value is -4.82. The first-order chi connectivity index (χ1) is 18.4.